The number of carbonyl (C=O) groups is 1. The monoisotopic (exact) mass is 182 g/mol. The van der Waals surface area contributed by atoms with Crippen LogP contribution < -0.4 is 10.6 Å². The molecular weight excluding hydrogens is 168 g/mol. The Labute approximate surface area is 76.9 Å². The van der Waals surface area contributed by atoms with Gasteiger partial charge in [0.15, 0.2) is 0 Å². The molecule has 0 aliphatic heterocycles. The molecule has 1 aromatic heterocycles. The van der Waals surface area contributed by atoms with E-state index in [1.54, 1.807) is 6.20 Å². The van der Waals surface area contributed by atoms with E-state index in [0.717, 1.165) is 12.1 Å². The summed E-state index contributed by atoms with van der Waals surface area (Å²) in [4.78, 5) is 11.2. The molecule has 0 bridgehead atoms. The lowest BCUT2D eigenvalue weighted by Gasteiger charge is -2.03. The van der Waals surface area contributed by atoms with Crippen molar-refractivity contribution in [3.8, 4) is 0 Å². The predicted molar refractivity (Wildman–Crippen MR) is 50.5 cm³/mol. The number of nitrogens with zero attached hydrogens (tertiary/aromatic N) is 1. The van der Waals surface area contributed by atoms with Gasteiger partial charge in [-0.3, -0.25) is 9.89 Å². The van der Waals surface area contributed by atoms with Gasteiger partial charge in [0.2, 0.25) is 5.91 Å². The number of hydrogen-bond donors (Lipinski definition) is 3. The molecule has 0 aliphatic carbocycles. The number of nitrogens with one attached hydrogen (secondary N) is 3. The molecule has 0 atom stereocenters. The highest BCUT2D eigenvalue weighted by molar-refractivity contribution is 5.91. The largest absolute Gasteiger partial charge is 0.310 e. The summed E-state index contributed by atoms with van der Waals surface area (Å²) in [5.41, 5.74) is 0.935. The molecule has 0 radical (unpaired) electrons. The van der Waals surface area contributed by atoms with Crippen LogP contribution in [0.5, 0.6) is 0 Å². The zero-order chi connectivity index (χ0) is 9.68. The van der Waals surface area contributed by atoms with Gasteiger partial charge < -0.3 is 10.6 Å². The van der Waals surface area contributed by atoms with Crippen LogP contribution in [0.4, 0.5) is 5.82 Å². The fourth-order valence-electron chi connectivity index (χ4n) is 0.895. The summed E-state index contributed by atoms with van der Waals surface area (Å²) in [5, 5.41) is 12.1. The van der Waals surface area contributed by atoms with E-state index in [1.165, 1.54) is 0 Å². The van der Waals surface area contributed by atoms with Crippen LogP contribution in [0.2, 0.25) is 0 Å². The van der Waals surface area contributed by atoms with Crippen LogP contribution in [0.1, 0.15) is 12.5 Å². The number of H-pyrrole nitrogens is 1. The van der Waals surface area contributed by atoms with Gasteiger partial charge in [-0.15, -0.1) is 0 Å². The van der Waals surface area contributed by atoms with Crippen molar-refractivity contribution in [2.75, 3.05) is 18.4 Å². The first-order chi connectivity index (χ1) is 6.24. The van der Waals surface area contributed by atoms with Crippen molar-refractivity contribution in [3.05, 3.63) is 11.8 Å². The fourth-order valence-corrected chi connectivity index (χ4v) is 0.895. The molecule has 1 rings (SSSR count). The number of likely N-dealkylation sites (N-methyl/N-ethyl adjacent to an activating group) is 1. The molecule has 0 aromatic carbocycles. The topological polar surface area (TPSA) is 69.8 Å². The van der Waals surface area contributed by atoms with Crippen LogP contribution in [0.15, 0.2) is 6.20 Å². The van der Waals surface area contributed by atoms with E-state index < -0.39 is 0 Å². The smallest absolute Gasteiger partial charge is 0.239 e. The SMILES string of the molecule is CCNCC(=O)Nc1[nH]ncc1C. The van der Waals surface area contributed by atoms with Crippen molar-refractivity contribution in [2.45, 2.75) is 13.8 Å². The molecule has 0 unspecified atom stereocenters. The zero-order valence-electron chi connectivity index (χ0n) is 7.85. The molecule has 1 heterocycles. The van der Waals surface area contributed by atoms with Gasteiger partial charge in [0, 0.05) is 5.56 Å². The Hall–Kier alpha value is -1.36. The summed E-state index contributed by atoms with van der Waals surface area (Å²) in [7, 11) is 0. The molecule has 72 valence electrons. The molecule has 13 heavy (non-hydrogen) atoms. The minimum Gasteiger partial charge on any atom is -0.310 e. The summed E-state index contributed by atoms with van der Waals surface area (Å²) in [5.74, 6) is 0.608. The highest BCUT2D eigenvalue weighted by Crippen LogP contribution is 2.07. The number of aromatic nitrogens is 2. The van der Waals surface area contributed by atoms with Gasteiger partial charge in [-0.25, -0.2) is 0 Å². The molecule has 0 aliphatic rings. The first kappa shape index (κ1) is 9.73. The number of hydrogen-bond acceptors (Lipinski definition) is 3. The zero-order valence-corrected chi connectivity index (χ0v) is 7.85. The van der Waals surface area contributed by atoms with E-state index in [-0.39, 0.29) is 5.91 Å². The van der Waals surface area contributed by atoms with Gasteiger partial charge in [0.25, 0.3) is 0 Å². The summed E-state index contributed by atoms with van der Waals surface area (Å²) >= 11 is 0. The highest BCUT2D eigenvalue weighted by atomic mass is 16.2. The highest BCUT2D eigenvalue weighted by Gasteiger charge is 2.04. The average Bonchev–Trinajstić information content (AvgIpc) is 2.48. The Morgan fingerprint density at radius 2 is 2.46 bits per heavy atom. The number of amides is 1. The maximum Gasteiger partial charge on any atom is 0.239 e. The quantitative estimate of drug-likeness (QED) is 0.625. The van der Waals surface area contributed by atoms with E-state index in [9.17, 15) is 4.79 Å². The second-order valence-corrected chi connectivity index (χ2v) is 2.76. The lowest BCUT2D eigenvalue weighted by molar-refractivity contribution is -0.115. The summed E-state index contributed by atoms with van der Waals surface area (Å²) in [6.07, 6.45) is 1.67. The first-order valence-electron chi connectivity index (χ1n) is 4.24. The van der Waals surface area contributed by atoms with Gasteiger partial charge in [-0.2, -0.15) is 5.10 Å². The second kappa shape index (κ2) is 4.61. The Kier molecular flexibility index (Phi) is 3.45. The van der Waals surface area contributed by atoms with E-state index in [2.05, 4.69) is 20.8 Å². The van der Waals surface area contributed by atoms with E-state index >= 15 is 0 Å². The Bertz CT molecular complexity index is 281. The summed E-state index contributed by atoms with van der Waals surface area (Å²) in [6.45, 7) is 4.95. The van der Waals surface area contributed by atoms with Crippen LogP contribution in [0, 0.1) is 6.92 Å². The standard InChI is InChI=1S/C8H14N4O/c1-3-9-5-7(13)11-8-6(2)4-10-12-8/h4,9H,3,5H2,1-2H3,(H2,10,11,12,13). The molecular formula is C8H14N4O. The van der Waals surface area contributed by atoms with Gasteiger partial charge in [0.1, 0.15) is 5.82 Å². The molecule has 0 fully saturated rings. The fraction of sp³-hybridized carbons (Fsp3) is 0.500. The molecule has 0 saturated heterocycles. The van der Waals surface area contributed by atoms with E-state index in [4.69, 9.17) is 0 Å². The molecule has 1 amide bonds. The van der Waals surface area contributed by atoms with Crippen LogP contribution in [0.25, 0.3) is 0 Å². The Morgan fingerprint density at radius 3 is 3.00 bits per heavy atom. The van der Waals surface area contributed by atoms with Crippen molar-refractivity contribution in [1.82, 2.24) is 15.5 Å². The number of rotatable bonds is 4. The summed E-state index contributed by atoms with van der Waals surface area (Å²) in [6, 6.07) is 0. The minimum absolute atomic E-state index is 0.0609. The summed E-state index contributed by atoms with van der Waals surface area (Å²) < 4.78 is 0. The molecule has 5 nitrogen and oxygen atoms in total. The van der Waals surface area contributed by atoms with Gasteiger partial charge in [0.05, 0.1) is 12.7 Å². The number of aryl methyl sites for hydroxylation is 1. The van der Waals surface area contributed by atoms with Crippen LogP contribution in [0.3, 0.4) is 0 Å². The predicted octanol–water partition coefficient (Wildman–Crippen LogP) is 0.266. The van der Waals surface area contributed by atoms with Crippen molar-refractivity contribution in [2.24, 2.45) is 0 Å². The van der Waals surface area contributed by atoms with Crippen LogP contribution in [-0.4, -0.2) is 29.2 Å². The third kappa shape index (κ3) is 2.87. The van der Waals surface area contributed by atoms with Gasteiger partial charge >= 0.3 is 0 Å². The third-order valence-electron chi connectivity index (χ3n) is 1.63. The van der Waals surface area contributed by atoms with Crippen molar-refractivity contribution < 1.29 is 4.79 Å². The van der Waals surface area contributed by atoms with E-state index in [0.29, 0.717) is 12.4 Å². The van der Waals surface area contributed by atoms with Crippen molar-refractivity contribution >= 4 is 11.7 Å². The maximum absolute atomic E-state index is 11.2. The minimum atomic E-state index is -0.0609. The normalized spacial score (nSPS) is 10.0. The number of carbonyl (C=O) groups excluding carboxylic acids is 1. The van der Waals surface area contributed by atoms with Gasteiger partial charge in [-0.1, -0.05) is 6.92 Å². The van der Waals surface area contributed by atoms with Crippen molar-refractivity contribution in [1.29, 1.82) is 0 Å². The maximum atomic E-state index is 11.2. The lowest BCUT2D eigenvalue weighted by atomic mass is 10.4. The van der Waals surface area contributed by atoms with Crippen molar-refractivity contribution in [3.63, 3.8) is 0 Å². The average molecular weight is 182 g/mol. The third-order valence-corrected chi connectivity index (χ3v) is 1.63. The van der Waals surface area contributed by atoms with Gasteiger partial charge in [-0.05, 0) is 13.5 Å². The number of anilines is 1. The molecule has 0 saturated carbocycles. The molecule has 0 spiro atoms. The molecule has 5 heteroatoms. The lowest BCUT2D eigenvalue weighted by Crippen LogP contribution is -2.28. The Balaban J connectivity index is 2.41. The molecule has 1 aromatic rings. The Morgan fingerprint density at radius 1 is 1.69 bits per heavy atom. The second-order valence-electron chi connectivity index (χ2n) is 2.76. The molecule has 3 N–H and O–H groups in total. The van der Waals surface area contributed by atoms with Crippen LogP contribution in [-0.2, 0) is 4.79 Å². The van der Waals surface area contributed by atoms with Crippen LogP contribution >= 0.6 is 0 Å². The first-order valence-corrected chi connectivity index (χ1v) is 4.24. The number of aromatic amines is 1. The van der Waals surface area contributed by atoms with E-state index in [1.807, 2.05) is 13.8 Å².